The second kappa shape index (κ2) is 12.0. The lowest BCUT2D eigenvalue weighted by Crippen LogP contribution is -2.53. The van der Waals surface area contributed by atoms with Crippen LogP contribution in [0.2, 0.25) is 5.02 Å². The van der Waals surface area contributed by atoms with Crippen LogP contribution >= 0.6 is 11.6 Å². The van der Waals surface area contributed by atoms with Gasteiger partial charge in [0.2, 0.25) is 5.85 Å². The topological polar surface area (TPSA) is 72.4 Å². The summed E-state index contributed by atoms with van der Waals surface area (Å²) >= 11 is 6.49. The van der Waals surface area contributed by atoms with Gasteiger partial charge >= 0.3 is 6.18 Å². The minimum atomic E-state index is -4.40. The number of halogens is 4. The van der Waals surface area contributed by atoms with Gasteiger partial charge in [0.1, 0.15) is 5.84 Å². The fraction of sp³-hybridized carbons (Fsp3) is 0.483. The van der Waals surface area contributed by atoms with E-state index in [9.17, 15) is 18.3 Å². The molecule has 1 unspecified atom stereocenters. The zero-order valence-corrected chi connectivity index (χ0v) is 23.2. The van der Waals surface area contributed by atoms with Crippen LogP contribution in [-0.2, 0) is 10.9 Å². The molecule has 0 radical (unpaired) electrons. The monoisotopic (exact) mass is 577 g/mol. The number of hydrogen-bond donors (Lipinski definition) is 3. The van der Waals surface area contributed by atoms with Gasteiger partial charge in [-0.15, -0.1) is 0 Å². The standard InChI is InChI=1S/C29H35ClF3N5O2/c1-28(40-17-16-37-13-10-20(19-39)11-14-37)35-25-18-38(26-5-3-2-4-24(26)30)15-12-23(25)27(36-28)34-22-8-6-21(7-9-22)29(31,32)33/h2-9,20,35,39H,10-19H2,1H3,(H,34,36). The van der Waals surface area contributed by atoms with Gasteiger partial charge in [-0.3, -0.25) is 0 Å². The van der Waals surface area contributed by atoms with E-state index in [4.69, 9.17) is 21.3 Å². The maximum absolute atomic E-state index is 13.1. The van der Waals surface area contributed by atoms with Crippen LogP contribution in [0.4, 0.5) is 24.5 Å². The molecule has 3 aliphatic rings. The number of hydrogen-bond acceptors (Lipinski definition) is 7. The number of anilines is 2. The number of para-hydroxylation sites is 1. The molecule has 1 fully saturated rings. The molecule has 1 atom stereocenters. The van der Waals surface area contributed by atoms with Crippen LogP contribution in [-0.4, -0.2) is 67.6 Å². The van der Waals surface area contributed by atoms with Gasteiger partial charge in [-0.05, 0) is 74.7 Å². The maximum atomic E-state index is 13.1. The van der Waals surface area contributed by atoms with E-state index in [1.807, 2.05) is 31.2 Å². The van der Waals surface area contributed by atoms with E-state index in [2.05, 4.69) is 20.4 Å². The number of alkyl halides is 3. The number of benzene rings is 2. The van der Waals surface area contributed by atoms with Crippen LogP contribution in [0, 0.1) is 5.92 Å². The van der Waals surface area contributed by atoms with Gasteiger partial charge in [0.05, 0.1) is 29.4 Å². The third-order valence-corrected chi connectivity index (χ3v) is 8.08. The summed E-state index contributed by atoms with van der Waals surface area (Å²) in [6, 6.07) is 12.7. The minimum absolute atomic E-state index is 0.235. The van der Waals surface area contributed by atoms with Crippen LogP contribution in [0.1, 0.15) is 31.7 Å². The molecular formula is C29H35ClF3N5O2. The molecule has 2 aromatic carbocycles. The van der Waals surface area contributed by atoms with Crippen molar-refractivity contribution in [2.24, 2.45) is 10.9 Å². The molecule has 11 heteroatoms. The normalized spacial score (nSPS) is 22.6. The number of aliphatic imine (C=N–C) groups is 1. The number of nitrogens with zero attached hydrogens (tertiary/aromatic N) is 3. The highest BCUT2D eigenvalue weighted by Crippen LogP contribution is 2.34. The lowest BCUT2D eigenvalue weighted by Gasteiger charge is -2.41. The zero-order chi connectivity index (χ0) is 28.3. The predicted octanol–water partition coefficient (Wildman–Crippen LogP) is 5.33. The highest BCUT2D eigenvalue weighted by Gasteiger charge is 2.36. The molecule has 0 amide bonds. The van der Waals surface area contributed by atoms with Gasteiger partial charge in [0.25, 0.3) is 0 Å². The molecule has 0 aliphatic carbocycles. The number of amidine groups is 1. The summed E-state index contributed by atoms with van der Waals surface area (Å²) in [5.41, 5.74) is 2.65. The van der Waals surface area contributed by atoms with E-state index < -0.39 is 17.6 Å². The average Bonchev–Trinajstić information content (AvgIpc) is 2.93. The van der Waals surface area contributed by atoms with E-state index in [1.54, 1.807) is 0 Å². The molecule has 5 rings (SSSR count). The first-order chi connectivity index (χ1) is 19.1. The van der Waals surface area contributed by atoms with Gasteiger partial charge in [0.15, 0.2) is 0 Å². The second-order valence-corrected chi connectivity index (χ2v) is 11.1. The Labute approximate surface area is 237 Å². The number of piperidine rings is 1. The number of rotatable bonds is 7. The summed E-state index contributed by atoms with van der Waals surface area (Å²) < 4.78 is 45.6. The molecule has 2 aromatic rings. The Morgan fingerprint density at radius 1 is 1.12 bits per heavy atom. The number of nitrogens with one attached hydrogen (secondary N) is 2. The summed E-state index contributed by atoms with van der Waals surface area (Å²) in [6.07, 6.45) is -1.79. The highest BCUT2D eigenvalue weighted by molar-refractivity contribution is 6.33. The quantitative estimate of drug-likeness (QED) is 0.413. The first-order valence-electron chi connectivity index (χ1n) is 13.6. The van der Waals surface area contributed by atoms with Crippen molar-refractivity contribution in [1.82, 2.24) is 10.2 Å². The molecule has 216 valence electrons. The SMILES string of the molecule is CC1(OCCN2CCC(CO)CC2)N=C(Nc2ccc(C(F)(F)F)cc2)C2=C(CN(c3ccccc3Cl)CC2)N1. The van der Waals surface area contributed by atoms with Crippen LogP contribution in [0.3, 0.4) is 0 Å². The molecule has 0 saturated carbocycles. The van der Waals surface area contributed by atoms with E-state index in [-0.39, 0.29) is 6.61 Å². The minimum Gasteiger partial charge on any atom is -0.396 e. The molecule has 0 spiro atoms. The van der Waals surface area contributed by atoms with Gasteiger partial charge in [0, 0.05) is 43.6 Å². The van der Waals surface area contributed by atoms with Crippen molar-refractivity contribution in [3.05, 3.63) is 70.4 Å². The molecule has 0 aromatic heterocycles. The fourth-order valence-electron chi connectivity index (χ4n) is 5.46. The number of ether oxygens (including phenoxy) is 1. The van der Waals surface area contributed by atoms with Gasteiger partial charge in [-0.25, -0.2) is 4.99 Å². The summed E-state index contributed by atoms with van der Waals surface area (Å²) in [4.78, 5) is 9.41. The molecule has 40 heavy (non-hydrogen) atoms. The van der Waals surface area contributed by atoms with Crippen molar-refractivity contribution < 1.29 is 23.0 Å². The Kier molecular flexibility index (Phi) is 8.61. The second-order valence-electron chi connectivity index (χ2n) is 10.7. The molecule has 3 aliphatic heterocycles. The fourth-order valence-corrected chi connectivity index (χ4v) is 5.71. The van der Waals surface area contributed by atoms with Crippen molar-refractivity contribution in [3.8, 4) is 0 Å². The summed E-state index contributed by atoms with van der Waals surface area (Å²) in [6.45, 7) is 6.39. The van der Waals surface area contributed by atoms with E-state index in [0.29, 0.717) is 48.6 Å². The van der Waals surface area contributed by atoms with Crippen LogP contribution < -0.4 is 15.5 Å². The zero-order valence-electron chi connectivity index (χ0n) is 22.5. The van der Waals surface area contributed by atoms with Crippen molar-refractivity contribution >= 4 is 28.8 Å². The van der Waals surface area contributed by atoms with E-state index >= 15 is 0 Å². The Balaban J connectivity index is 1.34. The van der Waals surface area contributed by atoms with Gasteiger partial charge in [-0.2, -0.15) is 13.2 Å². The Morgan fingerprint density at radius 2 is 1.85 bits per heavy atom. The third-order valence-electron chi connectivity index (χ3n) is 7.76. The first-order valence-corrected chi connectivity index (χ1v) is 14.0. The number of aliphatic hydroxyl groups excluding tert-OH is 1. The molecule has 3 heterocycles. The molecular weight excluding hydrogens is 543 g/mol. The first kappa shape index (κ1) is 28.7. The molecule has 0 bridgehead atoms. The predicted molar refractivity (Wildman–Crippen MR) is 152 cm³/mol. The van der Waals surface area contributed by atoms with Crippen molar-refractivity contribution in [2.45, 2.75) is 38.2 Å². The van der Waals surface area contributed by atoms with E-state index in [1.165, 1.54) is 12.1 Å². The van der Waals surface area contributed by atoms with Crippen LogP contribution in [0.5, 0.6) is 0 Å². The van der Waals surface area contributed by atoms with Gasteiger partial charge < -0.3 is 30.3 Å². The maximum Gasteiger partial charge on any atom is 0.416 e. The highest BCUT2D eigenvalue weighted by atomic mass is 35.5. The van der Waals surface area contributed by atoms with Gasteiger partial charge in [-0.1, -0.05) is 23.7 Å². The van der Waals surface area contributed by atoms with Crippen LogP contribution in [0.15, 0.2) is 64.8 Å². The Morgan fingerprint density at radius 3 is 2.52 bits per heavy atom. The smallest absolute Gasteiger partial charge is 0.396 e. The third kappa shape index (κ3) is 6.74. The summed E-state index contributed by atoms with van der Waals surface area (Å²) in [7, 11) is 0. The van der Waals surface area contributed by atoms with Crippen molar-refractivity contribution in [2.75, 3.05) is 56.2 Å². The molecule has 7 nitrogen and oxygen atoms in total. The average molecular weight is 578 g/mol. The van der Waals surface area contributed by atoms with E-state index in [0.717, 1.165) is 61.6 Å². The number of likely N-dealkylation sites (tertiary alicyclic amines) is 1. The van der Waals surface area contributed by atoms with Crippen LogP contribution in [0.25, 0.3) is 0 Å². The lowest BCUT2D eigenvalue weighted by molar-refractivity contribution is -0.137. The molecule has 1 saturated heterocycles. The molecule has 3 N–H and O–H groups in total. The van der Waals surface area contributed by atoms with Crippen molar-refractivity contribution in [1.29, 1.82) is 0 Å². The summed E-state index contributed by atoms with van der Waals surface area (Å²) in [5, 5.41) is 16.8. The Bertz CT molecular complexity index is 1240. The van der Waals surface area contributed by atoms with Crippen molar-refractivity contribution in [3.63, 3.8) is 0 Å². The summed E-state index contributed by atoms with van der Waals surface area (Å²) in [5.74, 6) is -0.116. The Hall–Kier alpha value is -2.79. The largest absolute Gasteiger partial charge is 0.416 e. The lowest BCUT2D eigenvalue weighted by atomic mass is 9.98. The number of aliphatic hydroxyl groups is 1.